The first kappa shape index (κ1) is 34.1. The van der Waals surface area contributed by atoms with Crippen LogP contribution in [0, 0.1) is 11.3 Å². The van der Waals surface area contributed by atoms with Crippen molar-refractivity contribution in [2.75, 3.05) is 40.4 Å². The van der Waals surface area contributed by atoms with Gasteiger partial charge < -0.3 is 15.0 Å². The van der Waals surface area contributed by atoms with E-state index < -0.39 is 0 Å². The molecule has 0 heterocycles. The predicted octanol–water partition coefficient (Wildman–Crippen LogP) is 6.64. The van der Waals surface area contributed by atoms with E-state index in [0.717, 1.165) is 25.5 Å². The Hall–Kier alpha value is -0.380. The summed E-state index contributed by atoms with van der Waals surface area (Å²) in [7, 11) is 4.02. The lowest BCUT2D eigenvalue weighted by atomic mass is 9.82. The molecule has 3 heteroatoms. The molecule has 0 aromatic heterocycles. The lowest BCUT2D eigenvalue weighted by Gasteiger charge is -2.32. The van der Waals surface area contributed by atoms with Gasteiger partial charge in [0.1, 0.15) is 0 Å². The molecule has 1 unspecified atom stereocenters. The molecule has 1 atom stereocenters. The van der Waals surface area contributed by atoms with E-state index in [1.165, 1.54) is 32.4 Å². The second kappa shape index (κ2) is 25.6. The van der Waals surface area contributed by atoms with Crippen molar-refractivity contribution in [1.29, 1.82) is 0 Å². The largest absolute Gasteiger partial charge is 0.385 e. The quantitative estimate of drug-likeness (QED) is 0.283. The monoisotopic (exact) mass is 388 g/mol. The molecule has 0 aliphatic rings. The van der Waals surface area contributed by atoms with Crippen LogP contribution in [0.4, 0.5) is 0 Å². The molecule has 0 saturated carbocycles. The summed E-state index contributed by atoms with van der Waals surface area (Å²) in [4.78, 5) is 2.46. The topological polar surface area (TPSA) is 24.5 Å². The lowest BCUT2D eigenvalue weighted by molar-refractivity contribution is 0.131. The molecule has 3 nitrogen and oxygen atoms in total. The highest BCUT2D eigenvalue weighted by molar-refractivity contribution is 4.80. The van der Waals surface area contributed by atoms with Crippen LogP contribution < -0.4 is 5.32 Å². The predicted molar refractivity (Wildman–Crippen MR) is 128 cm³/mol. The highest BCUT2D eigenvalue weighted by atomic mass is 16.5. The molecule has 27 heavy (non-hydrogen) atoms. The molecule has 0 aromatic rings. The summed E-state index contributed by atoms with van der Waals surface area (Å²) in [6.07, 6.45) is 4.99. The maximum Gasteiger partial charge on any atom is 0.0467 e. The minimum atomic E-state index is 0.291. The van der Waals surface area contributed by atoms with Gasteiger partial charge in [-0.05, 0) is 70.6 Å². The number of nitrogens with one attached hydrogen (secondary N) is 1. The molecule has 0 fully saturated rings. The minimum Gasteiger partial charge on any atom is -0.385 e. The maximum absolute atomic E-state index is 5.20. The fourth-order valence-corrected chi connectivity index (χ4v) is 2.41. The van der Waals surface area contributed by atoms with Crippen LogP contribution in [-0.2, 0) is 4.74 Å². The smallest absolute Gasteiger partial charge is 0.0467 e. The Kier molecular flexibility index (Phi) is 32.4. The fraction of sp³-hybridized carbons (Fsp3) is 0.917. The average molecular weight is 389 g/mol. The molecule has 0 aliphatic carbocycles. The molecule has 0 bridgehead atoms. The highest BCUT2D eigenvalue weighted by Gasteiger charge is 2.24. The first-order valence-corrected chi connectivity index (χ1v) is 11.2. The van der Waals surface area contributed by atoms with Gasteiger partial charge in [0.05, 0.1) is 0 Å². The van der Waals surface area contributed by atoms with Gasteiger partial charge in [-0.15, -0.1) is 13.2 Å². The van der Waals surface area contributed by atoms with E-state index >= 15 is 0 Å². The van der Waals surface area contributed by atoms with Crippen molar-refractivity contribution in [2.24, 2.45) is 11.3 Å². The molecule has 0 rings (SSSR count). The molecular weight excluding hydrogens is 332 g/mol. The Balaban J connectivity index is -0.000000397. The molecule has 0 aliphatic heterocycles. The molecule has 0 spiro atoms. The summed E-state index contributed by atoms with van der Waals surface area (Å²) in [5.41, 5.74) is 0.291. The van der Waals surface area contributed by atoms with Crippen LogP contribution in [0.25, 0.3) is 0 Å². The first-order valence-electron chi connectivity index (χ1n) is 11.2. The van der Waals surface area contributed by atoms with Gasteiger partial charge in [0.25, 0.3) is 0 Å². The second-order valence-electron chi connectivity index (χ2n) is 7.60. The Morgan fingerprint density at radius 1 is 0.963 bits per heavy atom. The number of nitrogens with zero attached hydrogens (tertiary/aromatic N) is 1. The molecule has 0 amide bonds. The van der Waals surface area contributed by atoms with Crippen molar-refractivity contribution in [3.05, 3.63) is 13.2 Å². The molecule has 1 N–H and O–H groups in total. The summed E-state index contributed by atoms with van der Waals surface area (Å²) in [5, 5.41) is 3.68. The Morgan fingerprint density at radius 2 is 1.44 bits per heavy atom. The molecule has 0 radical (unpaired) electrons. The van der Waals surface area contributed by atoms with Gasteiger partial charge in [-0.3, -0.25) is 0 Å². The van der Waals surface area contributed by atoms with Crippen LogP contribution in [-0.4, -0.2) is 51.3 Å². The zero-order valence-electron chi connectivity index (χ0n) is 21.1. The van der Waals surface area contributed by atoms with Crippen molar-refractivity contribution in [3.63, 3.8) is 0 Å². The van der Waals surface area contributed by atoms with E-state index in [9.17, 15) is 0 Å². The Bertz CT molecular complexity index is 255. The summed E-state index contributed by atoms with van der Waals surface area (Å²) in [5.74, 6) is 0.829. The lowest BCUT2D eigenvalue weighted by Crippen LogP contribution is -2.41. The number of ether oxygens (including phenoxy) is 1. The van der Waals surface area contributed by atoms with Crippen molar-refractivity contribution < 1.29 is 4.74 Å². The summed E-state index contributed by atoms with van der Waals surface area (Å²) >= 11 is 0. The van der Waals surface area contributed by atoms with E-state index in [-0.39, 0.29) is 0 Å². The number of hydrogen-bond acceptors (Lipinski definition) is 3. The van der Waals surface area contributed by atoms with E-state index in [1.807, 2.05) is 27.7 Å². The Morgan fingerprint density at radius 3 is 1.89 bits per heavy atom. The van der Waals surface area contributed by atoms with Gasteiger partial charge >= 0.3 is 0 Å². The molecule has 168 valence electrons. The van der Waals surface area contributed by atoms with E-state index in [2.05, 4.69) is 65.0 Å². The van der Waals surface area contributed by atoms with Crippen molar-refractivity contribution in [2.45, 2.75) is 94.0 Å². The normalized spacial score (nSPS) is 11.6. The van der Waals surface area contributed by atoms with E-state index in [0.29, 0.717) is 11.5 Å². The molecule has 0 saturated heterocycles. The van der Waals surface area contributed by atoms with Gasteiger partial charge in [0.15, 0.2) is 0 Å². The van der Waals surface area contributed by atoms with Crippen molar-refractivity contribution in [1.82, 2.24) is 10.2 Å². The maximum atomic E-state index is 5.20. The van der Waals surface area contributed by atoms with E-state index in [1.54, 1.807) is 7.11 Å². The number of hydrogen-bond donors (Lipinski definition) is 1. The average Bonchev–Trinajstić information content (AvgIpc) is 2.68. The summed E-state index contributed by atoms with van der Waals surface area (Å²) in [6, 6.07) is 0.527. The van der Waals surface area contributed by atoms with Crippen LogP contribution in [0.3, 0.4) is 0 Å². The minimum absolute atomic E-state index is 0.291. The van der Waals surface area contributed by atoms with Crippen LogP contribution in [0.2, 0.25) is 0 Å². The fourth-order valence-electron chi connectivity index (χ4n) is 2.41. The van der Waals surface area contributed by atoms with Gasteiger partial charge in [-0.25, -0.2) is 0 Å². The summed E-state index contributed by atoms with van der Waals surface area (Å²) < 4.78 is 5.20. The van der Waals surface area contributed by atoms with Crippen LogP contribution >= 0.6 is 0 Å². The van der Waals surface area contributed by atoms with Gasteiger partial charge in [0, 0.05) is 19.8 Å². The van der Waals surface area contributed by atoms with E-state index in [4.69, 9.17) is 4.74 Å². The van der Waals surface area contributed by atoms with Crippen molar-refractivity contribution >= 4 is 0 Å². The van der Waals surface area contributed by atoms with Crippen LogP contribution in [0.5, 0.6) is 0 Å². The third-order valence-corrected chi connectivity index (χ3v) is 4.61. The highest BCUT2D eigenvalue weighted by Crippen LogP contribution is 2.24. The molecular formula is C24H56N2O. The van der Waals surface area contributed by atoms with Crippen molar-refractivity contribution in [3.8, 4) is 0 Å². The summed E-state index contributed by atoms with van der Waals surface area (Å²) in [6.45, 7) is 29.9. The molecule has 0 aromatic carbocycles. The second-order valence-corrected chi connectivity index (χ2v) is 7.60. The number of rotatable bonds is 13. The SMILES string of the molecule is C=C.CC.CC.COCCC(C)(C)C(C)NCCCN(C)CCCC(C)C. The standard InChI is InChI=1S/C18H40N2O.2C2H6.C2H4/c1-16(2)10-8-13-20(6)14-9-12-19-17(3)18(4,5)11-15-21-7;3*1-2/h16-17,19H,8-15H2,1-7H3;2*1-2H3;1-2H2. The zero-order valence-corrected chi connectivity index (χ0v) is 21.1. The van der Waals surface area contributed by atoms with Gasteiger partial charge in [-0.2, -0.15) is 0 Å². The van der Waals surface area contributed by atoms with Gasteiger partial charge in [-0.1, -0.05) is 55.4 Å². The third kappa shape index (κ3) is 25.6. The van der Waals surface area contributed by atoms with Crippen LogP contribution in [0.1, 0.15) is 88.0 Å². The number of methoxy groups -OCH3 is 1. The third-order valence-electron chi connectivity index (χ3n) is 4.61. The van der Waals surface area contributed by atoms with Crippen LogP contribution in [0.15, 0.2) is 13.2 Å². The van der Waals surface area contributed by atoms with Gasteiger partial charge in [0.2, 0.25) is 0 Å². The zero-order chi connectivity index (χ0) is 22.3. The first-order chi connectivity index (χ1) is 12.8. The Labute approximate surface area is 174 Å².